The van der Waals surface area contributed by atoms with E-state index >= 15 is 0 Å². The summed E-state index contributed by atoms with van der Waals surface area (Å²) in [6.07, 6.45) is 2.81. The van der Waals surface area contributed by atoms with Gasteiger partial charge in [0.25, 0.3) is 0 Å². The van der Waals surface area contributed by atoms with Gasteiger partial charge >= 0.3 is 12.1 Å². The molecule has 4 unspecified atom stereocenters. The van der Waals surface area contributed by atoms with Crippen molar-refractivity contribution in [1.29, 1.82) is 0 Å². The van der Waals surface area contributed by atoms with E-state index in [9.17, 15) is 24.3 Å². The molecule has 65 heavy (non-hydrogen) atoms. The first kappa shape index (κ1) is 46.8. The Kier molecular flexibility index (Phi) is 13.3. The Morgan fingerprint density at radius 3 is 2.46 bits per heavy atom. The van der Waals surface area contributed by atoms with E-state index in [1.165, 1.54) is 22.3 Å². The molecule has 18 heteroatoms. The summed E-state index contributed by atoms with van der Waals surface area (Å²) in [6.45, 7) is 18.3. The Balaban J connectivity index is 1.08. The normalized spacial score (nSPS) is 28.7. The van der Waals surface area contributed by atoms with Crippen LogP contribution < -0.4 is 25.4 Å². The number of fused-ring (bicyclic) bond motifs is 2. The Labute approximate surface area is 389 Å². The van der Waals surface area contributed by atoms with Crippen LogP contribution in [0.25, 0.3) is 22.3 Å². The number of ether oxygens (including phenoxy) is 4. The van der Waals surface area contributed by atoms with Crippen LogP contribution in [0.5, 0.6) is 11.5 Å². The number of aromatic nitrogens is 2. The van der Waals surface area contributed by atoms with Crippen molar-refractivity contribution in [1.82, 2.24) is 30.4 Å². The standard InChI is InChI=1S/C47H62ClN7O9S/c1-9-26-20-47(26,43(58)59)53-41(56)35-18-29(22-55(35)42(57)40(46(5,6)7)52-45(60)64-28-16-31-25(4)32(31)17-28)63-37-19-33(34-23-65-44(51-34)49-24(2)3)50-39-30(37)10-11-36(38(39)48)62-15-14-54-13-12-27(21-54)61-8/h9-11,19,23-29,31-32,35,40H,1,12-18,20-22H2,2-8H3,(H,49,51)(H,52,60)(H,53,56)(H,58,59)/t25?,26-,27-,28?,29?,31-,32+,35+,40-,47?/m1/s1. The van der Waals surface area contributed by atoms with Crippen molar-refractivity contribution in [3.05, 3.63) is 41.3 Å². The number of carbonyl (C=O) groups excluding carboxylic acids is 3. The quantitative estimate of drug-likeness (QED) is 0.106. The topological polar surface area (TPSA) is 194 Å². The number of hydrogen-bond acceptors (Lipinski definition) is 13. The lowest BCUT2D eigenvalue weighted by atomic mass is 9.85. The van der Waals surface area contributed by atoms with Gasteiger partial charge in [-0.1, -0.05) is 45.4 Å². The van der Waals surface area contributed by atoms with Crippen molar-refractivity contribution in [2.45, 2.75) is 116 Å². The van der Waals surface area contributed by atoms with Crippen molar-refractivity contribution < 1.29 is 43.2 Å². The number of thiazole rings is 1. The van der Waals surface area contributed by atoms with E-state index in [0.29, 0.717) is 69.8 Å². The van der Waals surface area contributed by atoms with Gasteiger partial charge in [-0.2, -0.15) is 0 Å². The van der Waals surface area contributed by atoms with Gasteiger partial charge in [-0.15, -0.1) is 17.9 Å². The number of methoxy groups -OCH3 is 1. The molecule has 4 heterocycles. The van der Waals surface area contributed by atoms with Gasteiger partial charge in [0.05, 0.1) is 23.9 Å². The Morgan fingerprint density at radius 1 is 1.06 bits per heavy atom. The van der Waals surface area contributed by atoms with Gasteiger partial charge in [-0.25, -0.2) is 19.6 Å². The zero-order valence-corrected chi connectivity index (χ0v) is 39.8. The van der Waals surface area contributed by atoms with Crippen LogP contribution in [0.4, 0.5) is 9.93 Å². The number of hydrogen-bond donors (Lipinski definition) is 4. The molecule has 0 bridgehead atoms. The first-order chi connectivity index (χ1) is 30.9. The predicted octanol–water partition coefficient (Wildman–Crippen LogP) is 6.61. The van der Waals surface area contributed by atoms with E-state index in [0.717, 1.165) is 32.4 Å². The van der Waals surface area contributed by atoms with Crippen LogP contribution in [0.1, 0.15) is 73.6 Å². The van der Waals surface area contributed by atoms with Gasteiger partial charge in [0.1, 0.15) is 58.7 Å². The predicted molar refractivity (Wildman–Crippen MR) is 247 cm³/mol. The molecule has 3 aliphatic carbocycles. The molecule has 8 rings (SSSR count). The molecule has 1 aromatic carbocycles. The summed E-state index contributed by atoms with van der Waals surface area (Å²) in [7, 11) is 1.73. The van der Waals surface area contributed by atoms with Crippen LogP contribution in [0.15, 0.2) is 36.2 Å². The minimum Gasteiger partial charge on any atom is -0.491 e. The first-order valence-electron chi connectivity index (χ1n) is 22.7. The molecule has 0 spiro atoms. The van der Waals surface area contributed by atoms with Gasteiger partial charge in [-0.05, 0) is 74.8 Å². The number of likely N-dealkylation sites (tertiary alicyclic amines) is 2. The molecule has 2 aromatic heterocycles. The molecule has 4 N–H and O–H groups in total. The molecular formula is C47H62ClN7O9S. The molecule has 5 aliphatic rings. The number of carbonyl (C=O) groups is 4. The largest absolute Gasteiger partial charge is 0.491 e. The van der Waals surface area contributed by atoms with Crippen molar-refractivity contribution in [2.75, 3.05) is 45.2 Å². The zero-order chi connectivity index (χ0) is 46.5. The molecule has 10 atom stereocenters. The number of aliphatic carboxylic acids is 1. The minimum atomic E-state index is -1.54. The van der Waals surface area contributed by atoms with Crippen LogP contribution in [0.3, 0.4) is 0 Å². The monoisotopic (exact) mass is 935 g/mol. The third kappa shape index (κ3) is 9.89. The van der Waals surface area contributed by atoms with Crippen molar-refractivity contribution >= 4 is 62.8 Å². The van der Waals surface area contributed by atoms with Crippen molar-refractivity contribution in [3.63, 3.8) is 0 Å². The highest BCUT2D eigenvalue weighted by molar-refractivity contribution is 7.14. The molecule has 5 fully saturated rings. The number of benzene rings is 1. The van der Waals surface area contributed by atoms with E-state index in [1.54, 1.807) is 19.2 Å². The summed E-state index contributed by atoms with van der Waals surface area (Å²) in [6, 6.07) is 3.29. The minimum absolute atomic E-state index is 0.0179. The fraction of sp³-hybridized carbons (Fsp3) is 0.617. The summed E-state index contributed by atoms with van der Waals surface area (Å²) in [5.74, 6) is -0.220. The van der Waals surface area contributed by atoms with E-state index in [4.69, 9.17) is 40.5 Å². The number of nitrogens with zero attached hydrogens (tertiary/aromatic N) is 4. The average molecular weight is 937 g/mol. The van der Waals surface area contributed by atoms with Crippen molar-refractivity contribution in [2.24, 2.45) is 29.1 Å². The molecule has 3 amide bonds. The van der Waals surface area contributed by atoms with E-state index in [2.05, 4.69) is 34.4 Å². The van der Waals surface area contributed by atoms with Gasteiger partial charge < -0.3 is 44.9 Å². The van der Waals surface area contributed by atoms with Gasteiger partial charge in [0.2, 0.25) is 11.8 Å². The summed E-state index contributed by atoms with van der Waals surface area (Å²) in [5, 5.41) is 22.6. The van der Waals surface area contributed by atoms with Crippen molar-refractivity contribution in [3.8, 4) is 22.9 Å². The van der Waals surface area contributed by atoms with E-state index < -0.39 is 58.9 Å². The summed E-state index contributed by atoms with van der Waals surface area (Å²) in [5.41, 5.74) is -0.855. The molecule has 3 saturated carbocycles. The van der Waals surface area contributed by atoms with E-state index in [1.807, 2.05) is 46.1 Å². The second-order valence-electron chi connectivity index (χ2n) is 19.8. The number of anilines is 1. The summed E-state index contributed by atoms with van der Waals surface area (Å²) < 4.78 is 24.4. The molecular weight excluding hydrogens is 874 g/mol. The SMILES string of the molecule is C=C[C@@H]1CC1(NC(=O)[C@@H]1CC(Oc2cc(-c3csc(NC(C)C)n3)nc3c(Cl)c(OCCN4CC[C@@H](OC)C4)ccc23)CN1C(=O)[C@@H](NC(=O)OC1C[C@@H]2C(C)[C@@H]2C1)C(C)(C)C)C(=O)O. The molecule has 2 aliphatic heterocycles. The number of rotatable bonds is 17. The lowest BCUT2D eigenvalue weighted by Gasteiger charge is -2.35. The van der Waals surface area contributed by atoms with Crippen LogP contribution in [0.2, 0.25) is 5.02 Å². The maximum Gasteiger partial charge on any atom is 0.408 e. The maximum absolute atomic E-state index is 14.9. The highest BCUT2D eigenvalue weighted by atomic mass is 35.5. The molecule has 3 aromatic rings. The number of amides is 3. The van der Waals surface area contributed by atoms with Crippen LogP contribution >= 0.6 is 22.9 Å². The third-order valence-corrected chi connectivity index (χ3v) is 15.0. The lowest BCUT2D eigenvalue weighted by Crippen LogP contribution is -2.59. The van der Waals surface area contributed by atoms with Crippen LogP contribution in [0, 0.1) is 29.1 Å². The van der Waals surface area contributed by atoms with Crippen LogP contribution in [-0.2, 0) is 23.9 Å². The highest BCUT2D eigenvalue weighted by Crippen LogP contribution is 2.57. The van der Waals surface area contributed by atoms with Crippen LogP contribution in [-0.4, -0.2) is 131 Å². The number of halogens is 1. The second-order valence-corrected chi connectivity index (χ2v) is 21.1. The Hall–Kier alpha value is -4.71. The fourth-order valence-electron chi connectivity index (χ4n) is 9.94. The maximum atomic E-state index is 14.9. The zero-order valence-electron chi connectivity index (χ0n) is 38.2. The first-order valence-corrected chi connectivity index (χ1v) is 24.0. The fourth-order valence-corrected chi connectivity index (χ4v) is 11.1. The average Bonchev–Trinajstić information content (AvgIpc) is 3.67. The number of carboxylic acid groups (broad SMARTS) is 1. The summed E-state index contributed by atoms with van der Waals surface area (Å²) in [4.78, 5) is 68.6. The second kappa shape index (κ2) is 18.5. The number of nitrogens with one attached hydrogen (secondary N) is 3. The van der Waals surface area contributed by atoms with Gasteiger partial charge in [-0.3, -0.25) is 14.5 Å². The molecule has 2 saturated heterocycles. The lowest BCUT2D eigenvalue weighted by molar-refractivity contribution is -0.146. The Bertz CT molecular complexity index is 2310. The number of carboxylic acids is 1. The molecule has 16 nitrogen and oxygen atoms in total. The molecule has 0 radical (unpaired) electrons. The highest BCUT2D eigenvalue weighted by Gasteiger charge is 2.61. The molecule has 352 valence electrons. The Morgan fingerprint density at radius 2 is 1.82 bits per heavy atom. The number of alkyl carbamates (subject to hydrolysis) is 1. The number of pyridine rings is 1. The summed E-state index contributed by atoms with van der Waals surface area (Å²) >= 11 is 8.57. The third-order valence-electron chi connectivity index (χ3n) is 13.9. The smallest absolute Gasteiger partial charge is 0.408 e. The van der Waals surface area contributed by atoms with Gasteiger partial charge in [0.15, 0.2) is 5.13 Å². The van der Waals surface area contributed by atoms with Gasteiger partial charge in [0, 0.05) is 62.0 Å². The van der Waals surface area contributed by atoms with E-state index in [-0.39, 0.29) is 42.7 Å².